The first-order chi connectivity index (χ1) is 8.91. The second kappa shape index (κ2) is 7.51. The predicted molar refractivity (Wildman–Crippen MR) is 74.8 cm³/mol. The van der Waals surface area contributed by atoms with Gasteiger partial charge in [-0.1, -0.05) is 13.8 Å². The topological polar surface area (TPSA) is 57.6 Å². The van der Waals surface area contributed by atoms with Crippen LogP contribution in [0.1, 0.15) is 52.4 Å². The van der Waals surface area contributed by atoms with E-state index in [-0.39, 0.29) is 18.2 Å². The summed E-state index contributed by atoms with van der Waals surface area (Å²) >= 11 is 0. The summed E-state index contributed by atoms with van der Waals surface area (Å²) in [5.74, 6) is 1.04. The van der Waals surface area contributed by atoms with E-state index in [0.29, 0.717) is 18.9 Å². The molecular weight excluding hydrogens is 242 g/mol. The zero-order valence-corrected chi connectivity index (χ0v) is 12.4. The fourth-order valence-corrected chi connectivity index (χ4v) is 2.92. The van der Waals surface area contributed by atoms with Crippen LogP contribution in [-0.4, -0.2) is 35.5 Å². The number of amides is 1. The van der Waals surface area contributed by atoms with E-state index in [0.717, 1.165) is 31.6 Å². The van der Waals surface area contributed by atoms with Crippen molar-refractivity contribution in [2.45, 2.75) is 52.4 Å². The molecule has 0 unspecified atom stereocenters. The van der Waals surface area contributed by atoms with Crippen LogP contribution in [0.2, 0.25) is 0 Å². The highest BCUT2D eigenvalue weighted by Crippen LogP contribution is 2.33. The maximum Gasteiger partial charge on any atom is 0.303 e. The summed E-state index contributed by atoms with van der Waals surface area (Å²) in [4.78, 5) is 24.4. The van der Waals surface area contributed by atoms with Gasteiger partial charge in [0.05, 0.1) is 0 Å². The number of nitrogens with zero attached hydrogens (tertiary/aromatic N) is 1. The summed E-state index contributed by atoms with van der Waals surface area (Å²) in [5, 5.41) is 8.59. The lowest BCUT2D eigenvalue weighted by Crippen LogP contribution is -2.36. The van der Waals surface area contributed by atoms with E-state index in [1.165, 1.54) is 0 Å². The van der Waals surface area contributed by atoms with Gasteiger partial charge >= 0.3 is 5.97 Å². The molecule has 0 atom stereocenters. The summed E-state index contributed by atoms with van der Waals surface area (Å²) in [6, 6.07) is 0. The number of aliphatic carboxylic acids is 1. The average molecular weight is 269 g/mol. The summed E-state index contributed by atoms with van der Waals surface area (Å²) in [7, 11) is 1.79. The number of hydrogen-bond acceptors (Lipinski definition) is 2. The Labute approximate surface area is 116 Å². The largest absolute Gasteiger partial charge is 0.481 e. The highest BCUT2D eigenvalue weighted by molar-refractivity contribution is 5.78. The Morgan fingerprint density at radius 3 is 2.26 bits per heavy atom. The van der Waals surface area contributed by atoms with Crippen LogP contribution in [0, 0.1) is 17.8 Å². The van der Waals surface area contributed by atoms with Crippen molar-refractivity contribution in [3.05, 3.63) is 0 Å². The first-order valence-electron chi connectivity index (χ1n) is 7.38. The maximum absolute atomic E-state index is 12.2. The first kappa shape index (κ1) is 16.0. The molecule has 0 heterocycles. The lowest BCUT2D eigenvalue weighted by molar-refractivity contribution is -0.139. The van der Waals surface area contributed by atoms with Crippen LogP contribution >= 0.6 is 0 Å². The third kappa shape index (κ3) is 5.21. The molecule has 0 aromatic rings. The normalized spacial score (nSPS) is 23.4. The van der Waals surface area contributed by atoms with E-state index in [9.17, 15) is 9.59 Å². The Bertz CT molecular complexity index is 307. The van der Waals surface area contributed by atoms with Gasteiger partial charge in [0.1, 0.15) is 0 Å². The minimum atomic E-state index is -0.793. The minimum Gasteiger partial charge on any atom is -0.481 e. The van der Waals surface area contributed by atoms with E-state index >= 15 is 0 Å². The molecule has 0 aromatic carbocycles. The molecule has 1 rings (SSSR count). The van der Waals surface area contributed by atoms with Gasteiger partial charge in [-0.25, -0.2) is 0 Å². The zero-order valence-electron chi connectivity index (χ0n) is 12.4. The van der Waals surface area contributed by atoms with Crippen molar-refractivity contribution in [2.24, 2.45) is 17.8 Å². The van der Waals surface area contributed by atoms with E-state index in [1.807, 2.05) is 0 Å². The van der Waals surface area contributed by atoms with Gasteiger partial charge in [-0.05, 0) is 43.9 Å². The molecule has 0 aliphatic heterocycles. The van der Waals surface area contributed by atoms with Crippen molar-refractivity contribution < 1.29 is 14.7 Å². The monoisotopic (exact) mass is 269 g/mol. The molecule has 4 nitrogen and oxygen atoms in total. The maximum atomic E-state index is 12.2. The molecule has 1 saturated carbocycles. The molecular formula is C15H27NO3. The van der Waals surface area contributed by atoms with Gasteiger partial charge in [-0.3, -0.25) is 9.59 Å². The SMILES string of the molecule is CC(C)C1CCC(C(=O)N(C)CCCC(=O)O)CC1. The van der Waals surface area contributed by atoms with Crippen molar-refractivity contribution >= 4 is 11.9 Å². The molecule has 1 aliphatic carbocycles. The Morgan fingerprint density at radius 2 is 1.79 bits per heavy atom. The standard InChI is InChI=1S/C15H27NO3/c1-11(2)12-6-8-13(9-7-12)15(19)16(3)10-4-5-14(17)18/h11-13H,4-10H2,1-3H3,(H,17,18). The number of carbonyl (C=O) groups excluding carboxylic acids is 1. The lowest BCUT2D eigenvalue weighted by Gasteiger charge is -2.32. The molecule has 0 aromatic heterocycles. The number of carboxylic acid groups (broad SMARTS) is 1. The quantitative estimate of drug-likeness (QED) is 0.806. The average Bonchev–Trinajstić information content (AvgIpc) is 2.37. The van der Waals surface area contributed by atoms with E-state index < -0.39 is 5.97 Å². The Kier molecular flexibility index (Phi) is 6.32. The van der Waals surface area contributed by atoms with Crippen molar-refractivity contribution in [1.29, 1.82) is 0 Å². The molecule has 19 heavy (non-hydrogen) atoms. The molecule has 0 bridgehead atoms. The Hall–Kier alpha value is -1.06. The predicted octanol–water partition coefficient (Wildman–Crippen LogP) is 2.77. The van der Waals surface area contributed by atoms with Crippen LogP contribution in [0.3, 0.4) is 0 Å². The molecule has 0 radical (unpaired) electrons. The van der Waals surface area contributed by atoms with Gasteiger partial charge < -0.3 is 10.0 Å². The number of carboxylic acids is 1. The van der Waals surface area contributed by atoms with Crippen molar-refractivity contribution in [3.63, 3.8) is 0 Å². The van der Waals surface area contributed by atoms with Crippen LogP contribution in [-0.2, 0) is 9.59 Å². The highest BCUT2D eigenvalue weighted by atomic mass is 16.4. The molecule has 1 aliphatic rings. The van der Waals surface area contributed by atoms with Crippen molar-refractivity contribution in [2.75, 3.05) is 13.6 Å². The summed E-state index contributed by atoms with van der Waals surface area (Å²) < 4.78 is 0. The van der Waals surface area contributed by atoms with Crippen LogP contribution in [0.25, 0.3) is 0 Å². The molecule has 0 spiro atoms. The van der Waals surface area contributed by atoms with E-state index in [4.69, 9.17) is 5.11 Å². The third-order valence-electron chi connectivity index (χ3n) is 4.32. The molecule has 1 fully saturated rings. The van der Waals surface area contributed by atoms with Gasteiger partial charge in [0, 0.05) is 25.9 Å². The fourth-order valence-electron chi connectivity index (χ4n) is 2.92. The number of carbonyl (C=O) groups is 2. The van der Waals surface area contributed by atoms with Gasteiger partial charge in [-0.15, -0.1) is 0 Å². The summed E-state index contributed by atoms with van der Waals surface area (Å²) in [6.45, 7) is 5.06. The van der Waals surface area contributed by atoms with Crippen molar-refractivity contribution in [1.82, 2.24) is 4.90 Å². The smallest absolute Gasteiger partial charge is 0.303 e. The van der Waals surface area contributed by atoms with Gasteiger partial charge in [0.2, 0.25) is 5.91 Å². The van der Waals surface area contributed by atoms with E-state index in [1.54, 1.807) is 11.9 Å². The number of rotatable bonds is 6. The van der Waals surface area contributed by atoms with Gasteiger partial charge in [0.15, 0.2) is 0 Å². The molecule has 110 valence electrons. The zero-order chi connectivity index (χ0) is 14.4. The van der Waals surface area contributed by atoms with Crippen LogP contribution in [0.4, 0.5) is 0 Å². The summed E-state index contributed by atoms with van der Waals surface area (Å²) in [5.41, 5.74) is 0. The third-order valence-corrected chi connectivity index (χ3v) is 4.32. The Morgan fingerprint density at radius 1 is 1.21 bits per heavy atom. The van der Waals surface area contributed by atoms with Crippen LogP contribution in [0.5, 0.6) is 0 Å². The lowest BCUT2D eigenvalue weighted by atomic mass is 9.76. The van der Waals surface area contributed by atoms with Crippen LogP contribution < -0.4 is 0 Å². The van der Waals surface area contributed by atoms with Crippen LogP contribution in [0.15, 0.2) is 0 Å². The minimum absolute atomic E-state index is 0.137. The molecule has 1 N–H and O–H groups in total. The molecule has 0 saturated heterocycles. The molecule has 4 heteroatoms. The van der Waals surface area contributed by atoms with Gasteiger partial charge in [0.25, 0.3) is 0 Å². The first-order valence-corrected chi connectivity index (χ1v) is 7.38. The summed E-state index contributed by atoms with van der Waals surface area (Å²) in [6.07, 6.45) is 4.96. The second-order valence-electron chi connectivity index (χ2n) is 6.11. The molecule has 1 amide bonds. The fraction of sp³-hybridized carbons (Fsp3) is 0.867. The highest BCUT2D eigenvalue weighted by Gasteiger charge is 2.29. The Balaban J connectivity index is 2.31. The van der Waals surface area contributed by atoms with Gasteiger partial charge in [-0.2, -0.15) is 0 Å². The van der Waals surface area contributed by atoms with E-state index in [2.05, 4.69) is 13.8 Å². The second-order valence-corrected chi connectivity index (χ2v) is 6.11. The van der Waals surface area contributed by atoms with Crippen molar-refractivity contribution in [3.8, 4) is 0 Å². The number of hydrogen-bond donors (Lipinski definition) is 1.